The second kappa shape index (κ2) is 4.23. The molecule has 2 nitrogen and oxygen atoms in total. The summed E-state index contributed by atoms with van der Waals surface area (Å²) in [7, 11) is 0. The predicted molar refractivity (Wildman–Crippen MR) is 78.2 cm³/mol. The molecule has 0 aliphatic rings. The first kappa shape index (κ1) is 11.5. The van der Waals surface area contributed by atoms with E-state index in [2.05, 4.69) is 4.98 Å². The summed E-state index contributed by atoms with van der Waals surface area (Å²) in [5, 5.41) is 2.43. The van der Waals surface area contributed by atoms with Gasteiger partial charge in [-0.15, -0.1) is 0 Å². The molecule has 0 aliphatic carbocycles. The van der Waals surface area contributed by atoms with Crippen LogP contribution < -0.4 is 5.73 Å². The first-order valence-electron chi connectivity index (χ1n) is 5.47. The summed E-state index contributed by atoms with van der Waals surface area (Å²) >= 11 is 12.0. The Balaban J connectivity index is 2.22. The molecular formula is C14H10Cl2N2. The molecule has 1 aromatic heterocycles. The van der Waals surface area contributed by atoms with Crippen LogP contribution in [0.3, 0.4) is 0 Å². The van der Waals surface area contributed by atoms with Crippen LogP contribution in [0.15, 0.2) is 42.5 Å². The molecule has 18 heavy (non-hydrogen) atoms. The Labute approximate surface area is 114 Å². The molecule has 0 radical (unpaired) electrons. The van der Waals surface area contributed by atoms with Crippen LogP contribution in [0.4, 0.5) is 5.69 Å². The summed E-state index contributed by atoms with van der Waals surface area (Å²) in [4.78, 5) is 3.31. The standard InChI is InChI=1S/C14H10Cl2N2/c15-9-2-4-13-8(5-9)6-14(18-13)11-7-10(16)1-3-12(11)17/h1-7,18H,17H2. The molecule has 0 amide bonds. The maximum Gasteiger partial charge on any atom is 0.0486 e. The lowest BCUT2D eigenvalue weighted by molar-refractivity contribution is 1.45. The fourth-order valence-corrected chi connectivity index (χ4v) is 2.36. The van der Waals surface area contributed by atoms with Crippen molar-refractivity contribution in [1.82, 2.24) is 4.98 Å². The molecule has 0 aliphatic heterocycles. The lowest BCUT2D eigenvalue weighted by Gasteiger charge is -2.03. The highest BCUT2D eigenvalue weighted by molar-refractivity contribution is 6.31. The summed E-state index contributed by atoms with van der Waals surface area (Å²) in [6.45, 7) is 0. The molecule has 0 fully saturated rings. The average Bonchev–Trinajstić information content (AvgIpc) is 2.74. The number of aromatic amines is 1. The van der Waals surface area contributed by atoms with Crippen molar-refractivity contribution >= 4 is 39.8 Å². The first-order valence-corrected chi connectivity index (χ1v) is 6.23. The zero-order valence-electron chi connectivity index (χ0n) is 9.37. The molecule has 0 bridgehead atoms. The molecule has 3 aromatic rings. The summed E-state index contributed by atoms with van der Waals surface area (Å²) in [6, 6.07) is 13.2. The number of H-pyrrole nitrogens is 1. The van der Waals surface area contributed by atoms with Crippen LogP contribution >= 0.6 is 23.2 Å². The monoisotopic (exact) mass is 276 g/mol. The van der Waals surface area contributed by atoms with Crippen molar-refractivity contribution in [2.45, 2.75) is 0 Å². The summed E-state index contributed by atoms with van der Waals surface area (Å²) in [5.41, 5.74) is 9.52. The third-order valence-corrected chi connectivity index (χ3v) is 3.36. The Hall–Kier alpha value is -1.64. The number of hydrogen-bond donors (Lipinski definition) is 2. The molecule has 0 unspecified atom stereocenters. The third-order valence-electron chi connectivity index (χ3n) is 2.89. The quantitative estimate of drug-likeness (QED) is 0.621. The SMILES string of the molecule is Nc1ccc(Cl)cc1-c1cc2cc(Cl)ccc2[nH]1. The molecule has 0 saturated heterocycles. The van der Waals surface area contributed by atoms with Gasteiger partial charge >= 0.3 is 0 Å². The highest BCUT2D eigenvalue weighted by Gasteiger charge is 2.07. The first-order chi connectivity index (χ1) is 8.63. The Kier molecular flexibility index (Phi) is 2.69. The van der Waals surface area contributed by atoms with Crippen molar-refractivity contribution < 1.29 is 0 Å². The zero-order valence-corrected chi connectivity index (χ0v) is 10.9. The molecule has 3 rings (SSSR count). The molecule has 1 heterocycles. The van der Waals surface area contributed by atoms with Gasteiger partial charge < -0.3 is 10.7 Å². The second-order valence-corrected chi connectivity index (χ2v) is 5.02. The van der Waals surface area contributed by atoms with Gasteiger partial charge in [0.25, 0.3) is 0 Å². The second-order valence-electron chi connectivity index (χ2n) is 4.15. The van der Waals surface area contributed by atoms with Crippen LogP contribution in [0.25, 0.3) is 22.2 Å². The Morgan fingerprint density at radius 2 is 1.61 bits per heavy atom. The molecular weight excluding hydrogens is 267 g/mol. The number of hydrogen-bond acceptors (Lipinski definition) is 1. The lowest BCUT2D eigenvalue weighted by Crippen LogP contribution is -1.89. The third kappa shape index (κ3) is 1.94. The summed E-state index contributed by atoms with van der Waals surface area (Å²) in [5.74, 6) is 0. The number of halogens is 2. The van der Waals surface area contributed by atoms with Crippen LogP contribution in [-0.4, -0.2) is 4.98 Å². The predicted octanol–water partition coefficient (Wildman–Crippen LogP) is 4.72. The van der Waals surface area contributed by atoms with Gasteiger partial charge in [-0.05, 0) is 42.5 Å². The van der Waals surface area contributed by atoms with Gasteiger partial charge in [0, 0.05) is 37.9 Å². The molecule has 0 atom stereocenters. The summed E-state index contributed by atoms with van der Waals surface area (Å²) < 4.78 is 0. The molecule has 4 heteroatoms. The van der Waals surface area contributed by atoms with Gasteiger partial charge in [0.15, 0.2) is 0 Å². The minimum atomic E-state index is 0.663. The van der Waals surface area contributed by atoms with Gasteiger partial charge in [-0.3, -0.25) is 0 Å². The Morgan fingerprint density at radius 1 is 0.889 bits per heavy atom. The average molecular weight is 277 g/mol. The van der Waals surface area contributed by atoms with Crippen LogP contribution in [0.2, 0.25) is 10.0 Å². The van der Waals surface area contributed by atoms with E-state index < -0.39 is 0 Å². The fourth-order valence-electron chi connectivity index (χ4n) is 2.01. The number of anilines is 1. The molecule has 90 valence electrons. The topological polar surface area (TPSA) is 41.8 Å². The van der Waals surface area contributed by atoms with Crippen molar-refractivity contribution in [1.29, 1.82) is 0 Å². The molecule has 3 N–H and O–H groups in total. The highest BCUT2D eigenvalue weighted by atomic mass is 35.5. The van der Waals surface area contributed by atoms with Crippen LogP contribution in [0, 0.1) is 0 Å². The Morgan fingerprint density at radius 3 is 2.44 bits per heavy atom. The number of nitrogens with one attached hydrogen (secondary N) is 1. The van der Waals surface area contributed by atoms with Gasteiger partial charge in [0.1, 0.15) is 0 Å². The largest absolute Gasteiger partial charge is 0.398 e. The van der Waals surface area contributed by atoms with E-state index in [0.29, 0.717) is 15.7 Å². The van der Waals surface area contributed by atoms with E-state index in [1.807, 2.05) is 30.3 Å². The van der Waals surface area contributed by atoms with Crippen molar-refractivity contribution in [2.24, 2.45) is 0 Å². The van der Waals surface area contributed by atoms with Crippen molar-refractivity contribution in [3.05, 3.63) is 52.5 Å². The van der Waals surface area contributed by atoms with Crippen molar-refractivity contribution in [3.63, 3.8) is 0 Å². The number of aromatic nitrogens is 1. The molecule has 2 aromatic carbocycles. The summed E-state index contributed by atoms with van der Waals surface area (Å²) in [6.07, 6.45) is 0. The number of fused-ring (bicyclic) bond motifs is 1. The van der Waals surface area contributed by atoms with Crippen LogP contribution in [-0.2, 0) is 0 Å². The highest BCUT2D eigenvalue weighted by Crippen LogP contribution is 2.31. The minimum absolute atomic E-state index is 0.663. The van der Waals surface area contributed by atoms with Gasteiger partial charge in [0.2, 0.25) is 0 Å². The van der Waals surface area contributed by atoms with E-state index in [1.165, 1.54) is 0 Å². The van der Waals surface area contributed by atoms with Gasteiger partial charge in [-0.1, -0.05) is 23.2 Å². The lowest BCUT2D eigenvalue weighted by atomic mass is 10.1. The van der Waals surface area contributed by atoms with E-state index >= 15 is 0 Å². The Bertz CT molecular complexity index is 732. The van der Waals surface area contributed by atoms with E-state index in [0.717, 1.165) is 22.2 Å². The van der Waals surface area contributed by atoms with Crippen LogP contribution in [0.5, 0.6) is 0 Å². The van der Waals surface area contributed by atoms with Crippen molar-refractivity contribution in [3.8, 4) is 11.3 Å². The smallest absolute Gasteiger partial charge is 0.0486 e. The zero-order chi connectivity index (χ0) is 12.7. The van der Waals surface area contributed by atoms with E-state index in [9.17, 15) is 0 Å². The molecule has 0 spiro atoms. The molecule has 0 saturated carbocycles. The number of benzene rings is 2. The van der Waals surface area contributed by atoms with E-state index in [1.54, 1.807) is 12.1 Å². The number of rotatable bonds is 1. The van der Waals surface area contributed by atoms with Crippen LogP contribution in [0.1, 0.15) is 0 Å². The van der Waals surface area contributed by atoms with E-state index in [-0.39, 0.29) is 0 Å². The normalized spacial score (nSPS) is 11.0. The maximum absolute atomic E-state index is 6.00. The van der Waals surface area contributed by atoms with Gasteiger partial charge in [0.05, 0.1) is 0 Å². The number of nitrogen functional groups attached to an aromatic ring is 1. The van der Waals surface area contributed by atoms with Gasteiger partial charge in [-0.2, -0.15) is 0 Å². The maximum atomic E-state index is 6.00. The minimum Gasteiger partial charge on any atom is -0.398 e. The fraction of sp³-hybridized carbons (Fsp3) is 0. The van der Waals surface area contributed by atoms with Crippen molar-refractivity contribution in [2.75, 3.05) is 5.73 Å². The number of nitrogens with two attached hydrogens (primary N) is 1. The van der Waals surface area contributed by atoms with E-state index in [4.69, 9.17) is 28.9 Å². The van der Waals surface area contributed by atoms with Gasteiger partial charge in [-0.25, -0.2) is 0 Å².